The molecule has 2 rings (SSSR count). The van der Waals surface area contributed by atoms with Gasteiger partial charge in [-0.05, 0) is 18.7 Å². The summed E-state index contributed by atoms with van der Waals surface area (Å²) in [6.07, 6.45) is 0.799. The van der Waals surface area contributed by atoms with Crippen LogP contribution >= 0.6 is 23.1 Å². The van der Waals surface area contributed by atoms with E-state index in [0.29, 0.717) is 14.9 Å². The predicted molar refractivity (Wildman–Crippen MR) is 66.5 cm³/mol. The summed E-state index contributed by atoms with van der Waals surface area (Å²) < 4.78 is 26.6. The van der Waals surface area contributed by atoms with Crippen LogP contribution < -0.4 is 0 Å². The minimum absolute atomic E-state index is 0.0111. The van der Waals surface area contributed by atoms with Crippen LogP contribution in [0.2, 0.25) is 0 Å². The molecular weight excluding hydrogens is 294 g/mol. The number of hydrogen-bond acceptors (Lipinski definition) is 5. The van der Waals surface area contributed by atoms with Crippen LogP contribution in [0.1, 0.15) is 10.6 Å². The standard InChI is InChI=1S/C11H8F2N2O2S2/c1-5-8(3-9(16)17)18-11(15-5)19-10-7(13)2-6(12)4-14-10/h2,4H,3H2,1H3,(H,16,17). The third-order valence-electron chi connectivity index (χ3n) is 2.14. The molecule has 0 aromatic carbocycles. The normalized spacial score (nSPS) is 10.7. The van der Waals surface area contributed by atoms with Crippen LogP contribution in [0.4, 0.5) is 8.78 Å². The molecule has 2 aromatic heterocycles. The molecule has 0 saturated heterocycles. The second-order valence-electron chi connectivity index (χ2n) is 3.60. The minimum Gasteiger partial charge on any atom is -0.481 e. The molecule has 0 aliphatic rings. The van der Waals surface area contributed by atoms with Crippen LogP contribution in [0.15, 0.2) is 21.6 Å². The first-order chi connectivity index (χ1) is 8.95. The van der Waals surface area contributed by atoms with E-state index in [1.165, 1.54) is 11.3 Å². The Hall–Kier alpha value is -1.54. The maximum absolute atomic E-state index is 13.4. The van der Waals surface area contributed by atoms with Gasteiger partial charge in [-0.2, -0.15) is 0 Å². The molecule has 0 fully saturated rings. The van der Waals surface area contributed by atoms with Gasteiger partial charge in [-0.1, -0.05) is 0 Å². The summed E-state index contributed by atoms with van der Waals surface area (Å²) >= 11 is 2.11. The summed E-state index contributed by atoms with van der Waals surface area (Å²) in [5.74, 6) is -2.46. The lowest BCUT2D eigenvalue weighted by molar-refractivity contribution is -0.136. The number of rotatable bonds is 4. The Balaban J connectivity index is 2.21. The zero-order valence-electron chi connectivity index (χ0n) is 9.68. The summed E-state index contributed by atoms with van der Waals surface area (Å²) in [5, 5.41) is 8.73. The highest BCUT2D eigenvalue weighted by Gasteiger charge is 2.14. The predicted octanol–water partition coefficient (Wildman–Crippen LogP) is 2.90. The molecule has 4 nitrogen and oxygen atoms in total. The minimum atomic E-state index is -0.950. The van der Waals surface area contributed by atoms with Crippen LogP contribution in [-0.2, 0) is 11.2 Å². The Morgan fingerprint density at radius 3 is 2.89 bits per heavy atom. The molecule has 0 radical (unpaired) electrons. The van der Waals surface area contributed by atoms with E-state index in [-0.39, 0.29) is 11.4 Å². The maximum atomic E-state index is 13.4. The van der Waals surface area contributed by atoms with Gasteiger partial charge in [0, 0.05) is 10.9 Å². The molecular formula is C11H8F2N2O2S2. The number of carbonyl (C=O) groups is 1. The molecule has 0 spiro atoms. The highest BCUT2D eigenvalue weighted by molar-refractivity contribution is 8.01. The van der Waals surface area contributed by atoms with E-state index < -0.39 is 17.6 Å². The molecule has 8 heteroatoms. The summed E-state index contributed by atoms with van der Waals surface area (Å²) in [6.45, 7) is 1.69. The van der Waals surface area contributed by atoms with Gasteiger partial charge in [0.2, 0.25) is 0 Å². The fraction of sp³-hybridized carbons (Fsp3) is 0.182. The Kier molecular flexibility index (Phi) is 4.11. The molecule has 0 bridgehead atoms. The Morgan fingerprint density at radius 2 is 2.26 bits per heavy atom. The van der Waals surface area contributed by atoms with Gasteiger partial charge in [-0.15, -0.1) is 11.3 Å². The van der Waals surface area contributed by atoms with Gasteiger partial charge in [0.1, 0.15) is 10.8 Å². The molecule has 0 aliphatic heterocycles. The number of carboxylic acid groups (broad SMARTS) is 1. The quantitative estimate of drug-likeness (QED) is 0.941. The summed E-state index contributed by atoms with van der Waals surface area (Å²) in [7, 11) is 0. The molecule has 0 atom stereocenters. The van der Waals surface area contributed by atoms with Crippen LogP contribution in [0.25, 0.3) is 0 Å². The van der Waals surface area contributed by atoms with Crippen LogP contribution in [0.5, 0.6) is 0 Å². The zero-order chi connectivity index (χ0) is 14.0. The Bertz CT molecular complexity index is 631. The number of pyridine rings is 1. The van der Waals surface area contributed by atoms with E-state index in [1.807, 2.05) is 0 Å². The summed E-state index contributed by atoms with van der Waals surface area (Å²) in [6, 6.07) is 0.744. The van der Waals surface area contributed by atoms with Crippen molar-refractivity contribution >= 4 is 29.1 Å². The number of aliphatic carboxylic acids is 1. The van der Waals surface area contributed by atoms with E-state index in [2.05, 4.69) is 9.97 Å². The molecule has 2 heterocycles. The van der Waals surface area contributed by atoms with Gasteiger partial charge in [0.25, 0.3) is 0 Å². The highest BCUT2D eigenvalue weighted by atomic mass is 32.2. The second-order valence-corrected chi connectivity index (χ2v) is 5.92. The van der Waals surface area contributed by atoms with Crippen molar-refractivity contribution < 1.29 is 18.7 Å². The van der Waals surface area contributed by atoms with E-state index in [1.54, 1.807) is 6.92 Å². The smallest absolute Gasteiger partial charge is 0.308 e. The first-order valence-corrected chi connectivity index (χ1v) is 6.76. The number of aromatic nitrogens is 2. The van der Waals surface area contributed by atoms with Crippen molar-refractivity contribution in [3.63, 3.8) is 0 Å². The van der Waals surface area contributed by atoms with Gasteiger partial charge in [0.15, 0.2) is 10.2 Å². The van der Waals surface area contributed by atoms with E-state index in [4.69, 9.17) is 5.11 Å². The first kappa shape index (κ1) is 13.9. The van der Waals surface area contributed by atoms with Crippen molar-refractivity contribution in [1.82, 2.24) is 9.97 Å². The fourth-order valence-electron chi connectivity index (χ4n) is 1.31. The molecule has 100 valence electrons. The maximum Gasteiger partial charge on any atom is 0.308 e. The van der Waals surface area contributed by atoms with Gasteiger partial charge in [-0.3, -0.25) is 4.79 Å². The fourth-order valence-corrected chi connectivity index (χ4v) is 3.40. The number of hydrogen-bond donors (Lipinski definition) is 1. The van der Waals surface area contributed by atoms with Crippen molar-refractivity contribution in [3.05, 3.63) is 34.5 Å². The molecule has 19 heavy (non-hydrogen) atoms. The number of carboxylic acids is 1. The monoisotopic (exact) mass is 302 g/mol. The molecule has 0 unspecified atom stereocenters. The van der Waals surface area contributed by atoms with Gasteiger partial charge in [-0.25, -0.2) is 18.7 Å². The largest absolute Gasteiger partial charge is 0.481 e. The Morgan fingerprint density at radius 1 is 1.53 bits per heavy atom. The number of thiazole rings is 1. The second kappa shape index (κ2) is 5.62. The van der Waals surface area contributed by atoms with Gasteiger partial charge in [0.05, 0.1) is 18.3 Å². The van der Waals surface area contributed by atoms with Crippen LogP contribution in [0.3, 0.4) is 0 Å². The van der Waals surface area contributed by atoms with Gasteiger partial charge >= 0.3 is 5.97 Å². The molecule has 2 aromatic rings. The molecule has 0 amide bonds. The lowest BCUT2D eigenvalue weighted by Crippen LogP contribution is -1.99. The average Bonchev–Trinajstić information content (AvgIpc) is 2.62. The third kappa shape index (κ3) is 3.48. The van der Waals surface area contributed by atoms with E-state index in [9.17, 15) is 13.6 Å². The van der Waals surface area contributed by atoms with Crippen molar-refractivity contribution in [3.8, 4) is 0 Å². The number of nitrogens with zero attached hydrogens (tertiary/aromatic N) is 2. The van der Waals surface area contributed by atoms with Crippen LogP contribution in [0, 0.1) is 18.6 Å². The summed E-state index contributed by atoms with van der Waals surface area (Å²) in [5.41, 5.74) is 0.595. The number of aryl methyl sites for hydroxylation is 1. The summed E-state index contributed by atoms with van der Waals surface area (Å²) in [4.78, 5) is 19.0. The Labute approximate surface area is 115 Å². The van der Waals surface area contributed by atoms with Crippen molar-refractivity contribution in [2.24, 2.45) is 0 Å². The van der Waals surface area contributed by atoms with Crippen molar-refractivity contribution in [2.75, 3.05) is 0 Å². The lowest BCUT2D eigenvalue weighted by Gasteiger charge is -1.98. The first-order valence-electron chi connectivity index (χ1n) is 5.12. The van der Waals surface area contributed by atoms with Gasteiger partial charge < -0.3 is 5.11 Å². The lowest BCUT2D eigenvalue weighted by atomic mass is 10.3. The molecule has 1 N–H and O–H groups in total. The topological polar surface area (TPSA) is 63.1 Å². The van der Waals surface area contributed by atoms with E-state index >= 15 is 0 Å². The highest BCUT2D eigenvalue weighted by Crippen LogP contribution is 2.33. The molecule has 0 saturated carbocycles. The zero-order valence-corrected chi connectivity index (χ0v) is 11.3. The van der Waals surface area contributed by atoms with Crippen molar-refractivity contribution in [1.29, 1.82) is 0 Å². The average molecular weight is 302 g/mol. The third-order valence-corrected chi connectivity index (χ3v) is 4.35. The van der Waals surface area contributed by atoms with E-state index in [0.717, 1.165) is 24.0 Å². The van der Waals surface area contributed by atoms with Crippen molar-refractivity contribution in [2.45, 2.75) is 22.7 Å². The number of halogens is 2. The van der Waals surface area contributed by atoms with Crippen LogP contribution in [-0.4, -0.2) is 21.0 Å². The molecule has 0 aliphatic carbocycles. The SMILES string of the molecule is Cc1nc(Sc2ncc(F)cc2F)sc1CC(=O)O.